The summed E-state index contributed by atoms with van der Waals surface area (Å²) in [5, 5.41) is 14.6. The molecule has 3 aromatic rings. The standard InChI is InChI=1S/C25H26N4O6S/c1-18-5-4-6-19(2)25(18)28(36(3,33)34)16-24(30)27-26-15-20-9-13-23(14-10-20)35-17-21-7-11-22(12-8-21)29(31)32/h4-15H,16-17H2,1-3H3,(H,27,30)/b26-15-. The number of sulfonamides is 1. The molecule has 188 valence electrons. The van der Waals surface area contributed by atoms with Gasteiger partial charge in [0.15, 0.2) is 0 Å². The Labute approximate surface area is 209 Å². The fourth-order valence-corrected chi connectivity index (χ4v) is 4.41. The predicted molar refractivity (Wildman–Crippen MR) is 138 cm³/mol. The zero-order chi connectivity index (χ0) is 26.3. The third-order valence-electron chi connectivity index (χ3n) is 5.21. The van der Waals surface area contributed by atoms with Crippen LogP contribution in [-0.2, 0) is 21.4 Å². The molecule has 0 spiro atoms. The number of carbonyl (C=O) groups is 1. The summed E-state index contributed by atoms with van der Waals surface area (Å²) in [4.78, 5) is 22.7. The van der Waals surface area contributed by atoms with Crippen molar-refractivity contribution in [3.63, 3.8) is 0 Å². The summed E-state index contributed by atoms with van der Waals surface area (Å²) in [6, 6.07) is 18.4. The molecule has 1 N–H and O–H groups in total. The lowest BCUT2D eigenvalue weighted by Crippen LogP contribution is -2.39. The van der Waals surface area contributed by atoms with Gasteiger partial charge in [0.25, 0.3) is 11.6 Å². The molecule has 3 aromatic carbocycles. The highest BCUT2D eigenvalue weighted by molar-refractivity contribution is 7.92. The summed E-state index contributed by atoms with van der Waals surface area (Å²) in [5.74, 6) is 0.00862. The molecule has 10 nitrogen and oxygen atoms in total. The van der Waals surface area contributed by atoms with Gasteiger partial charge in [0.05, 0.1) is 23.1 Å². The molecule has 0 aromatic heterocycles. The van der Waals surface area contributed by atoms with E-state index >= 15 is 0 Å². The normalized spacial score (nSPS) is 11.3. The van der Waals surface area contributed by atoms with Crippen molar-refractivity contribution in [3.05, 3.63) is 99.1 Å². The summed E-state index contributed by atoms with van der Waals surface area (Å²) in [6.45, 7) is 3.42. The minimum atomic E-state index is -3.69. The van der Waals surface area contributed by atoms with E-state index in [0.29, 0.717) is 17.0 Å². The molecule has 36 heavy (non-hydrogen) atoms. The maximum absolute atomic E-state index is 12.4. The summed E-state index contributed by atoms with van der Waals surface area (Å²) in [6.07, 6.45) is 2.49. The van der Waals surface area contributed by atoms with E-state index in [4.69, 9.17) is 4.74 Å². The summed E-state index contributed by atoms with van der Waals surface area (Å²) < 4.78 is 31.5. The van der Waals surface area contributed by atoms with E-state index in [2.05, 4.69) is 10.5 Å². The molecule has 0 atom stereocenters. The van der Waals surface area contributed by atoms with Gasteiger partial charge in [-0.15, -0.1) is 0 Å². The number of carbonyl (C=O) groups excluding carboxylic acids is 1. The molecular weight excluding hydrogens is 484 g/mol. The Kier molecular flexibility index (Phi) is 8.38. The Bertz CT molecular complexity index is 1350. The molecular formula is C25H26N4O6S. The number of nitrogens with one attached hydrogen (secondary N) is 1. The fourth-order valence-electron chi connectivity index (χ4n) is 3.44. The second kappa shape index (κ2) is 11.5. The first-order valence-electron chi connectivity index (χ1n) is 10.9. The number of hydrazone groups is 1. The first-order valence-corrected chi connectivity index (χ1v) is 12.7. The molecule has 0 heterocycles. The number of nitrogens with zero attached hydrogens (tertiary/aromatic N) is 3. The molecule has 0 radical (unpaired) electrons. The van der Waals surface area contributed by atoms with Crippen LogP contribution < -0.4 is 14.5 Å². The monoisotopic (exact) mass is 510 g/mol. The maximum atomic E-state index is 12.4. The minimum Gasteiger partial charge on any atom is -0.489 e. The number of non-ortho nitro benzene ring substituents is 1. The highest BCUT2D eigenvalue weighted by Crippen LogP contribution is 2.26. The third kappa shape index (κ3) is 7.12. The van der Waals surface area contributed by atoms with Crippen molar-refractivity contribution in [1.29, 1.82) is 0 Å². The van der Waals surface area contributed by atoms with E-state index < -0.39 is 27.4 Å². The quantitative estimate of drug-likeness (QED) is 0.251. The van der Waals surface area contributed by atoms with Crippen LogP contribution in [0.25, 0.3) is 0 Å². The Balaban J connectivity index is 1.56. The number of rotatable bonds is 10. The number of para-hydroxylation sites is 1. The van der Waals surface area contributed by atoms with Crippen LogP contribution in [0.5, 0.6) is 5.75 Å². The van der Waals surface area contributed by atoms with Gasteiger partial charge in [0.1, 0.15) is 18.9 Å². The Hall–Kier alpha value is -4.25. The van der Waals surface area contributed by atoms with Gasteiger partial charge < -0.3 is 4.74 Å². The van der Waals surface area contributed by atoms with Gasteiger partial charge in [-0.25, -0.2) is 13.8 Å². The first kappa shape index (κ1) is 26.4. The average molecular weight is 511 g/mol. The van der Waals surface area contributed by atoms with Gasteiger partial charge in [0, 0.05) is 12.1 Å². The number of nitro benzene ring substituents is 1. The van der Waals surface area contributed by atoms with Crippen LogP contribution in [0.2, 0.25) is 0 Å². The number of anilines is 1. The van der Waals surface area contributed by atoms with Crippen LogP contribution >= 0.6 is 0 Å². The van der Waals surface area contributed by atoms with Crippen molar-refractivity contribution in [3.8, 4) is 5.75 Å². The van der Waals surface area contributed by atoms with E-state index in [1.165, 1.54) is 18.3 Å². The van der Waals surface area contributed by atoms with E-state index in [1.807, 2.05) is 6.07 Å². The smallest absolute Gasteiger partial charge is 0.269 e. The molecule has 1 amide bonds. The minimum absolute atomic E-state index is 0.0174. The van der Waals surface area contributed by atoms with Gasteiger partial charge in [-0.2, -0.15) is 5.10 Å². The van der Waals surface area contributed by atoms with Crippen LogP contribution in [0.3, 0.4) is 0 Å². The first-order chi connectivity index (χ1) is 17.0. The number of ether oxygens (including phenoxy) is 1. The van der Waals surface area contributed by atoms with Gasteiger partial charge in [-0.1, -0.05) is 18.2 Å². The van der Waals surface area contributed by atoms with Gasteiger partial charge in [-0.3, -0.25) is 19.2 Å². The van der Waals surface area contributed by atoms with Crippen LogP contribution in [0.15, 0.2) is 71.8 Å². The maximum Gasteiger partial charge on any atom is 0.269 e. The topological polar surface area (TPSA) is 131 Å². The lowest BCUT2D eigenvalue weighted by molar-refractivity contribution is -0.384. The second-order valence-corrected chi connectivity index (χ2v) is 9.99. The molecule has 11 heteroatoms. The molecule has 0 aliphatic heterocycles. The largest absolute Gasteiger partial charge is 0.489 e. The fraction of sp³-hybridized carbons (Fsp3) is 0.200. The van der Waals surface area contributed by atoms with Crippen LogP contribution in [0.4, 0.5) is 11.4 Å². The summed E-state index contributed by atoms with van der Waals surface area (Å²) in [5.41, 5.74) is 5.82. The van der Waals surface area contributed by atoms with Crippen LogP contribution in [0.1, 0.15) is 22.3 Å². The van der Waals surface area contributed by atoms with Crippen LogP contribution in [0, 0.1) is 24.0 Å². The van der Waals surface area contributed by atoms with Crippen molar-refractivity contribution in [1.82, 2.24) is 5.43 Å². The lowest BCUT2D eigenvalue weighted by atomic mass is 10.1. The Morgan fingerprint density at radius 3 is 2.22 bits per heavy atom. The van der Waals surface area contributed by atoms with Gasteiger partial charge in [0.2, 0.25) is 10.0 Å². The van der Waals surface area contributed by atoms with E-state index in [1.54, 1.807) is 62.4 Å². The van der Waals surface area contributed by atoms with Gasteiger partial charge >= 0.3 is 0 Å². The molecule has 0 unspecified atom stereocenters. The number of hydrogen-bond donors (Lipinski definition) is 1. The zero-order valence-electron chi connectivity index (χ0n) is 20.0. The lowest BCUT2D eigenvalue weighted by Gasteiger charge is -2.25. The summed E-state index contributed by atoms with van der Waals surface area (Å²) in [7, 11) is -3.69. The number of nitro groups is 1. The van der Waals surface area contributed by atoms with E-state index in [9.17, 15) is 23.3 Å². The molecule has 0 fully saturated rings. The number of benzene rings is 3. The van der Waals surface area contributed by atoms with E-state index in [0.717, 1.165) is 27.3 Å². The zero-order valence-corrected chi connectivity index (χ0v) is 20.9. The van der Waals surface area contributed by atoms with E-state index in [-0.39, 0.29) is 12.3 Å². The molecule has 0 bridgehead atoms. The second-order valence-electron chi connectivity index (χ2n) is 8.08. The van der Waals surface area contributed by atoms with Crippen molar-refractivity contribution in [2.75, 3.05) is 17.1 Å². The van der Waals surface area contributed by atoms with Gasteiger partial charge in [-0.05, 0) is 72.5 Å². The van der Waals surface area contributed by atoms with Crippen LogP contribution in [-0.4, -0.2) is 38.3 Å². The Morgan fingerprint density at radius 2 is 1.67 bits per heavy atom. The summed E-state index contributed by atoms with van der Waals surface area (Å²) >= 11 is 0. The number of hydrogen-bond acceptors (Lipinski definition) is 7. The average Bonchev–Trinajstić information content (AvgIpc) is 2.82. The highest BCUT2D eigenvalue weighted by atomic mass is 32.2. The van der Waals surface area contributed by atoms with Crippen molar-refractivity contribution < 1.29 is 22.9 Å². The number of aryl methyl sites for hydroxylation is 2. The number of amides is 1. The van der Waals surface area contributed by atoms with Crippen molar-refractivity contribution in [2.24, 2.45) is 5.10 Å². The SMILES string of the molecule is Cc1cccc(C)c1N(CC(=O)N/N=C\c1ccc(OCc2ccc([N+](=O)[O-])cc2)cc1)S(C)(=O)=O. The Morgan fingerprint density at radius 1 is 1.06 bits per heavy atom. The van der Waals surface area contributed by atoms with Crippen molar-refractivity contribution >= 4 is 33.5 Å². The highest BCUT2D eigenvalue weighted by Gasteiger charge is 2.23. The molecule has 3 rings (SSSR count). The van der Waals surface area contributed by atoms with Crippen molar-refractivity contribution in [2.45, 2.75) is 20.5 Å². The molecule has 0 aliphatic rings. The third-order valence-corrected chi connectivity index (χ3v) is 6.32. The molecule has 0 saturated heterocycles. The molecule has 0 aliphatic carbocycles. The predicted octanol–water partition coefficient (Wildman–Crippen LogP) is 3.71. The molecule has 0 saturated carbocycles.